The van der Waals surface area contributed by atoms with Gasteiger partial charge in [-0.2, -0.15) is 13.2 Å². The van der Waals surface area contributed by atoms with E-state index < -0.39 is 33.5 Å². The van der Waals surface area contributed by atoms with Crippen LogP contribution in [0.2, 0.25) is 0 Å². The van der Waals surface area contributed by atoms with E-state index in [1.807, 2.05) is 0 Å². The Morgan fingerprint density at radius 1 is 1.09 bits per heavy atom. The Hall–Kier alpha value is -3.67. The molecule has 174 valence electrons. The average molecular weight is 483 g/mol. The van der Waals surface area contributed by atoms with Crippen molar-refractivity contribution in [3.63, 3.8) is 0 Å². The van der Waals surface area contributed by atoms with Gasteiger partial charge >= 0.3 is 6.18 Å². The summed E-state index contributed by atoms with van der Waals surface area (Å²) in [6.07, 6.45) is -3.60. The molecule has 0 fully saturated rings. The summed E-state index contributed by atoms with van der Waals surface area (Å²) in [5, 5.41) is 2.35. The number of nitrogens with zero attached hydrogens (tertiary/aromatic N) is 1. The molecule has 0 saturated heterocycles. The SMILES string of the molecule is COc1ccc(NS(=O)(=O)c2ccccc2C(=O)NCc2ccc(F)c(C(F)(F)F)c2)nc1. The second-order valence-electron chi connectivity index (χ2n) is 6.68. The molecule has 2 N–H and O–H groups in total. The highest BCUT2D eigenvalue weighted by molar-refractivity contribution is 7.92. The molecule has 0 bridgehead atoms. The number of alkyl halides is 3. The number of amides is 1. The zero-order valence-corrected chi connectivity index (χ0v) is 17.8. The van der Waals surface area contributed by atoms with E-state index in [1.165, 1.54) is 49.7 Å². The van der Waals surface area contributed by atoms with E-state index in [0.717, 1.165) is 6.07 Å². The Morgan fingerprint density at radius 2 is 1.82 bits per heavy atom. The Morgan fingerprint density at radius 3 is 2.45 bits per heavy atom. The number of carbonyl (C=O) groups is 1. The van der Waals surface area contributed by atoms with Crippen molar-refractivity contribution in [3.8, 4) is 5.75 Å². The van der Waals surface area contributed by atoms with Gasteiger partial charge < -0.3 is 10.1 Å². The molecule has 12 heteroatoms. The predicted molar refractivity (Wildman–Crippen MR) is 111 cm³/mol. The summed E-state index contributed by atoms with van der Waals surface area (Å²) in [6, 6.07) is 10.4. The molecule has 3 aromatic rings. The molecule has 1 amide bonds. The average Bonchev–Trinajstić information content (AvgIpc) is 2.78. The summed E-state index contributed by atoms with van der Waals surface area (Å²) >= 11 is 0. The van der Waals surface area contributed by atoms with Gasteiger partial charge in [0.15, 0.2) is 0 Å². The number of sulfonamides is 1. The van der Waals surface area contributed by atoms with E-state index in [1.54, 1.807) is 0 Å². The van der Waals surface area contributed by atoms with Crippen molar-refractivity contribution in [1.29, 1.82) is 0 Å². The number of rotatable bonds is 7. The second-order valence-corrected chi connectivity index (χ2v) is 8.33. The van der Waals surface area contributed by atoms with E-state index in [0.29, 0.717) is 17.9 Å². The van der Waals surface area contributed by atoms with Crippen molar-refractivity contribution in [1.82, 2.24) is 10.3 Å². The van der Waals surface area contributed by atoms with E-state index in [4.69, 9.17) is 4.74 Å². The molecule has 7 nitrogen and oxygen atoms in total. The summed E-state index contributed by atoms with van der Waals surface area (Å²) < 4.78 is 84.9. The van der Waals surface area contributed by atoms with Crippen molar-refractivity contribution < 1.29 is 35.5 Å². The van der Waals surface area contributed by atoms with Crippen LogP contribution < -0.4 is 14.8 Å². The Bertz CT molecular complexity index is 1260. The number of hydrogen-bond donors (Lipinski definition) is 2. The lowest BCUT2D eigenvalue weighted by Crippen LogP contribution is -2.26. The van der Waals surface area contributed by atoms with Crippen LogP contribution in [-0.2, 0) is 22.7 Å². The molecular formula is C21H17F4N3O4S. The normalized spacial score (nSPS) is 11.7. The first-order valence-electron chi connectivity index (χ1n) is 9.27. The van der Waals surface area contributed by atoms with Gasteiger partial charge in [0, 0.05) is 6.54 Å². The minimum atomic E-state index is -4.90. The Labute approximate surface area is 186 Å². The van der Waals surface area contributed by atoms with Gasteiger partial charge in [0.05, 0.1) is 24.4 Å². The summed E-state index contributed by atoms with van der Waals surface area (Å²) in [6.45, 7) is -0.385. The highest BCUT2D eigenvalue weighted by Gasteiger charge is 2.34. The van der Waals surface area contributed by atoms with Crippen LogP contribution in [0.5, 0.6) is 5.75 Å². The van der Waals surface area contributed by atoms with Crippen molar-refractivity contribution in [2.24, 2.45) is 0 Å². The van der Waals surface area contributed by atoms with Crippen LogP contribution in [0.1, 0.15) is 21.5 Å². The number of nitrogens with one attached hydrogen (secondary N) is 2. The first kappa shape index (κ1) is 24.0. The van der Waals surface area contributed by atoms with Gasteiger partial charge in [-0.15, -0.1) is 0 Å². The van der Waals surface area contributed by atoms with Crippen LogP contribution >= 0.6 is 0 Å². The smallest absolute Gasteiger partial charge is 0.419 e. The van der Waals surface area contributed by atoms with Crippen LogP contribution in [0.4, 0.5) is 23.4 Å². The third-order valence-corrected chi connectivity index (χ3v) is 5.83. The van der Waals surface area contributed by atoms with E-state index in [9.17, 15) is 30.8 Å². The molecule has 0 spiro atoms. The molecule has 1 aromatic heterocycles. The minimum absolute atomic E-state index is 0.0158. The predicted octanol–water partition coefficient (Wildman–Crippen LogP) is 3.98. The summed E-state index contributed by atoms with van der Waals surface area (Å²) in [7, 11) is -2.81. The van der Waals surface area contributed by atoms with Crippen LogP contribution in [0.25, 0.3) is 0 Å². The number of aromatic nitrogens is 1. The maximum absolute atomic E-state index is 13.4. The van der Waals surface area contributed by atoms with Gasteiger partial charge in [0.1, 0.15) is 22.3 Å². The standard InChI is InChI=1S/C21H17F4N3O4S/c1-32-14-7-9-19(26-12-14)28-33(30,31)18-5-3-2-4-15(18)20(29)27-11-13-6-8-17(22)16(10-13)21(23,24)25/h2-10,12H,11H2,1H3,(H,26,28)(H,27,29). The van der Waals surface area contributed by atoms with Crippen molar-refractivity contribution >= 4 is 21.7 Å². The molecular weight excluding hydrogens is 466 g/mol. The fourth-order valence-electron chi connectivity index (χ4n) is 2.82. The zero-order chi connectivity index (χ0) is 24.2. The molecule has 0 aliphatic heterocycles. The highest BCUT2D eigenvalue weighted by atomic mass is 32.2. The summed E-state index contributed by atoms with van der Waals surface area (Å²) in [5.74, 6) is -1.90. The van der Waals surface area contributed by atoms with Gasteiger partial charge in [-0.1, -0.05) is 18.2 Å². The minimum Gasteiger partial charge on any atom is -0.495 e. The topological polar surface area (TPSA) is 97.4 Å². The van der Waals surface area contributed by atoms with Crippen LogP contribution in [0.15, 0.2) is 65.7 Å². The maximum Gasteiger partial charge on any atom is 0.419 e. The van der Waals surface area contributed by atoms with Gasteiger partial charge in [-0.3, -0.25) is 9.52 Å². The Balaban J connectivity index is 1.80. The molecule has 33 heavy (non-hydrogen) atoms. The molecule has 3 rings (SSSR count). The van der Waals surface area contributed by atoms with E-state index >= 15 is 0 Å². The van der Waals surface area contributed by atoms with Gasteiger partial charge in [-0.25, -0.2) is 17.8 Å². The van der Waals surface area contributed by atoms with Gasteiger partial charge in [0.2, 0.25) is 0 Å². The van der Waals surface area contributed by atoms with Gasteiger partial charge in [-0.05, 0) is 42.0 Å². The number of carbonyl (C=O) groups excluding carboxylic acids is 1. The molecule has 0 atom stereocenters. The molecule has 0 aliphatic rings. The fourth-order valence-corrected chi connectivity index (χ4v) is 4.03. The number of hydrogen-bond acceptors (Lipinski definition) is 5. The van der Waals surface area contributed by atoms with Crippen LogP contribution in [-0.4, -0.2) is 26.4 Å². The number of halogens is 4. The first-order chi connectivity index (χ1) is 15.5. The molecule has 0 radical (unpaired) electrons. The molecule has 2 aromatic carbocycles. The highest BCUT2D eigenvalue weighted by Crippen LogP contribution is 2.32. The fraction of sp³-hybridized carbons (Fsp3) is 0.143. The zero-order valence-electron chi connectivity index (χ0n) is 17.0. The third-order valence-electron chi connectivity index (χ3n) is 4.42. The number of ether oxygens (including phenoxy) is 1. The molecule has 0 saturated carbocycles. The Kier molecular flexibility index (Phi) is 6.86. The number of methoxy groups -OCH3 is 1. The first-order valence-corrected chi connectivity index (χ1v) is 10.8. The van der Waals surface area contributed by atoms with Crippen molar-refractivity contribution in [2.45, 2.75) is 17.6 Å². The number of anilines is 1. The largest absolute Gasteiger partial charge is 0.495 e. The van der Waals surface area contributed by atoms with Gasteiger partial charge in [0.25, 0.3) is 15.9 Å². The summed E-state index contributed by atoms with van der Waals surface area (Å²) in [4.78, 5) is 16.2. The van der Waals surface area contributed by atoms with E-state index in [2.05, 4.69) is 15.0 Å². The second kappa shape index (κ2) is 9.45. The lowest BCUT2D eigenvalue weighted by molar-refractivity contribution is -0.140. The third kappa shape index (κ3) is 5.77. The summed E-state index contributed by atoms with van der Waals surface area (Å²) in [5.41, 5.74) is -1.72. The van der Waals surface area contributed by atoms with Crippen molar-refractivity contribution in [3.05, 3.63) is 83.3 Å². The lowest BCUT2D eigenvalue weighted by atomic mass is 10.1. The maximum atomic E-state index is 13.4. The molecule has 1 heterocycles. The number of pyridine rings is 1. The van der Waals surface area contributed by atoms with E-state index in [-0.39, 0.29) is 28.4 Å². The molecule has 0 aliphatic carbocycles. The lowest BCUT2D eigenvalue weighted by Gasteiger charge is -2.13. The van der Waals surface area contributed by atoms with Crippen LogP contribution in [0, 0.1) is 5.82 Å². The monoisotopic (exact) mass is 483 g/mol. The van der Waals surface area contributed by atoms with Crippen molar-refractivity contribution in [2.75, 3.05) is 11.8 Å². The quantitative estimate of drug-likeness (QED) is 0.496. The van der Waals surface area contributed by atoms with Crippen LogP contribution in [0.3, 0.4) is 0 Å². The molecule has 0 unspecified atom stereocenters. The number of benzene rings is 2.